The van der Waals surface area contributed by atoms with Crippen LogP contribution in [0.3, 0.4) is 0 Å². The summed E-state index contributed by atoms with van der Waals surface area (Å²) in [5, 5.41) is 9.22. The molecule has 1 aliphatic carbocycles. The Morgan fingerprint density at radius 3 is 3.06 bits per heavy atom. The zero-order valence-electron chi connectivity index (χ0n) is 9.51. The molecule has 0 unspecified atom stereocenters. The number of thiophene rings is 1. The van der Waals surface area contributed by atoms with Gasteiger partial charge in [-0.2, -0.15) is 5.10 Å². The summed E-state index contributed by atoms with van der Waals surface area (Å²) in [6.45, 7) is 0. The van der Waals surface area contributed by atoms with Crippen LogP contribution < -0.4 is 5.32 Å². The molecule has 1 N–H and O–H groups in total. The molecular weight excluding hydrogens is 234 g/mol. The van der Waals surface area contributed by atoms with Gasteiger partial charge in [-0.25, -0.2) is 0 Å². The molecule has 4 nitrogen and oxygen atoms in total. The van der Waals surface area contributed by atoms with E-state index in [4.69, 9.17) is 0 Å². The van der Waals surface area contributed by atoms with Crippen molar-refractivity contribution in [2.45, 2.75) is 18.9 Å². The lowest BCUT2D eigenvalue weighted by atomic mass is 10.3. The third kappa shape index (κ3) is 2.10. The van der Waals surface area contributed by atoms with Gasteiger partial charge in [0.05, 0.1) is 10.6 Å². The smallest absolute Gasteiger partial charge is 0.272 e. The molecule has 5 heteroatoms. The minimum absolute atomic E-state index is 0.0640. The van der Waals surface area contributed by atoms with Crippen molar-refractivity contribution in [1.29, 1.82) is 0 Å². The van der Waals surface area contributed by atoms with Crippen molar-refractivity contribution in [3.8, 4) is 10.6 Å². The van der Waals surface area contributed by atoms with Crippen molar-refractivity contribution < 1.29 is 4.79 Å². The van der Waals surface area contributed by atoms with Gasteiger partial charge in [0.25, 0.3) is 5.91 Å². The van der Waals surface area contributed by atoms with Crippen LogP contribution in [0.25, 0.3) is 10.6 Å². The number of hydrogen-bond acceptors (Lipinski definition) is 3. The molecule has 0 aliphatic heterocycles. The second kappa shape index (κ2) is 4.00. The summed E-state index contributed by atoms with van der Waals surface area (Å²) in [5.41, 5.74) is 1.49. The summed E-state index contributed by atoms with van der Waals surface area (Å²) < 4.78 is 1.76. The molecule has 0 spiro atoms. The van der Waals surface area contributed by atoms with Crippen LogP contribution >= 0.6 is 11.3 Å². The van der Waals surface area contributed by atoms with E-state index in [-0.39, 0.29) is 5.91 Å². The van der Waals surface area contributed by atoms with Crippen molar-refractivity contribution in [2.24, 2.45) is 7.05 Å². The molecular formula is C12H13N3OS. The quantitative estimate of drug-likeness (QED) is 0.902. The molecule has 0 atom stereocenters. The molecule has 0 radical (unpaired) electrons. The van der Waals surface area contributed by atoms with Crippen molar-refractivity contribution in [1.82, 2.24) is 15.1 Å². The van der Waals surface area contributed by atoms with E-state index in [2.05, 4.69) is 10.4 Å². The average molecular weight is 247 g/mol. The van der Waals surface area contributed by atoms with Crippen molar-refractivity contribution in [2.75, 3.05) is 0 Å². The van der Waals surface area contributed by atoms with E-state index in [1.807, 2.05) is 30.6 Å². The summed E-state index contributed by atoms with van der Waals surface area (Å²) in [5.74, 6) is -0.0640. The third-order valence-corrected chi connectivity index (χ3v) is 3.69. The normalized spacial score (nSPS) is 14.9. The Hall–Kier alpha value is -1.62. The second-order valence-corrected chi connectivity index (χ2v) is 5.21. The zero-order valence-corrected chi connectivity index (χ0v) is 10.3. The summed E-state index contributed by atoms with van der Waals surface area (Å²) in [7, 11) is 1.86. The molecule has 1 aliphatic rings. The number of amides is 1. The fraction of sp³-hybridized carbons (Fsp3) is 0.333. The highest BCUT2D eigenvalue weighted by molar-refractivity contribution is 7.13. The highest BCUT2D eigenvalue weighted by Crippen LogP contribution is 2.25. The van der Waals surface area contributed by atoms with Crippen molar-refractivity contribution in [3.63, 3.8) is 0 Å². The Morgan fingerprint density at radius 1 is 1.59 bits per heavy atom. The number of aromatic nitrogens is 2. The number of nitrogens with zero attached hydrogens (tertiary/aromatic N) is 2. The Kier molecular flexibility index (Phi) is 2.48. The van der Waals surface area contributed by atoms with Gasteiger partial charge >= 0.3 is 0 Å². The van der Waals surface area contributed by atoms with Gasteiger partial charge in [0.1, 0.15) is 0 Å². The topological polar surface area (TPSA) is 46.9 Å². The fourth-order valence-corrected chi connectivity index (χ4v) is 2.49. The number of rotatable bonds is 3. The number of aryl methyl sites for hydroxylation is 1. The Morgan fingerprint density at radius 2 is 2.41 bits per heavy atom. The molecule has 0 bridgehead atoms. The van der Waals surface area contributed by atoms with E-state index in [9.17, 15) is 4.79 Å². The molecule has 88 valence electrons. The van der Waals surface area contributed by atoms with E-state index in [0.29, 0.717) is 11.7 Å². The number of carbonyl (C=O) groups is 1. The van der Waals surface area contributed by atoms with Gasteiger partial charge in [-0.05, 0) is 30.4 Å². The highest BCUT2D eigenvalue weighted by Gasteiger charge is 2.25. The van der Waals surface area contributed by atoms with Gasteiger partial charge < -0.3 is 5.32 Å². The second-order valence-electron chi connectivity index (χ2n) is 4.26. The first-order valence-corrected chi connectivity index (χ1v) is 6.51. The number of hydrogen-bond donors (Lipinski definition) is 1. The minimum atomic E-state index is -0.0640. The maximum Gasteiger partial charge on any atom is 0.272 e. The van der Waals surface area contributed by atoms with Crippen LogP contribution in [0.2, 0.25) is 0 Å². The SMILES string of the molecule is Cn1nc(C(=O)NC2CC2)cc1-c1cccs1. The fourth-order valence-electron chi connectivity index (χ4n) is 1.72. The standard InChI is InChI=1S/C12H13N3OS/c1-15-10(11-3-2-6-17-11)7-9(14-15)12(16)13-8-4-5-8/h2-3,6-8H,4-5H2,1H3,(H,13,16). The molecule has 2 heterocycles. The van der Waals surface area contributed by atoms with E-state index in [1.165, 1.54) is 0 Å². The molecule has 3 rings (SSSR count). The monoisotopic (exact) mass is 247 g/mol. The van der Waals surface area contributed by atoms with Crippen molar-refractivity contribution >= 4 is 17.2 Å². The first-order chi connectivity index (χ1) is 8.24. The van der Waals surface area contributed by atoms with Crippen LogP contribution in [0.5, 0.6) is 0 Å². The van der Waals surface area contributed by atoms with Gasteiger partial charge in [0.2, 0.25) is 0 Å². The molecule has 1 saturated carbocycles. The summed E-state index contributed by atoms with van der Waals surface area (Å²) in [6.07, 6.45) is 2.19. The minimum Gasteiger partial charge on any atom is -0.348 e. The lowest BCUT2D eigenvalue weighted by Crippen LogP contribution is -2.25. The molecule has 2 aromatic rings. The largest absolute Gasteiger partial charge is 0.348 e. The number of nitrogens with one attached hydrogen (secondary N) is 1. The van der Waals surface area contributed by atoms with Gasteiger partial charge in [-0.3, -0.25) is 9.48 Å². The Balaban J connectivity index is 1.87. The summed E-state index contributed by atoms with van der Waals surface area (Å²) in [6, 6.07) is 6.25. The molecule has 17 heavy (non-hydrogen) atoms. The zero-order chi connectivity index (χ0) is 11.8. The molecule has 0 aromatic carbocycles. The van der Waals surface area contributed by atoms with E-state index in [1.54, 1.807) is 16.0 Å². The Bertz CT molecular complexity index is 540. The summed E-state index contributed by atoms with van der Waals surface area (Å²) in [4.78, 5) is 13.0. The average Bonchev–Trinajstić information content (AvgIpc) is 2.81. The van der Waals surface area contributed by atoms with Crippen LogP contribution in [0.15, 0.2) is 23.6 Å². The summed E-state index contributed by atoms with van der Waals surface area (Å²) >= 11 is 1.65. The predicted octanol–water partition coefficient (Wildman–Crippen LogP) is 2.04. The van der Waals surface area contributed by atoms with Gasteiger partial charge in [0.15, 0.2) is 5.69 Å². The van der Waals surface area contributed by atoms with Gasteiger partial charge in [-0.15, -0.1) is 11.3 Å². The van der Waals surface area contributed by atoms with Gasteiger partial charge in [-0.1, -0.05) is 6.07 Å². The first kappa shape index (κ1) is 10.5. The Labute approximate surface area is 103 Å². The third-order valence-electron chi connectivity index (χ3n) is 2.80. The maximum absolute atomic E-state index is 11.8. The number of carbonyl (C=O) groups excluding carboxylic acids is 1. The van der Waals surface area contributed by atoms with Crippen LogP contribution in [-0.4, -0.2) is 21.7 Å². The maximum atomic E-state index is 11.8. The molecule has 1 fully saturated rings. The first-order valence-electron chi connectivity index (χ1n) is 5.63. The molecule has 2 aromatic heterocycles. The molecule has 0 saturated heterocycles. The van der Waals surface area contributed by atoms with Crippen LogP contribution in [0.1, 0.15) is 23.3 Å². The van der Waals surface area contributed by atoms with Gasteiger partial charge in [0, 0.05) is 13.1 Å². The molecule has 1 amide bonds. The van der Waals surface area contributed by atoms with Crippen molar-refractivity contribution in [3.05, 3.63) is 29.3 Å². The van der Waals surface area contributed by atoms with E-state index >= 15 is 0 Å². The lowest BCUT2D eigenvalue weighted by Gasteiger charge is -1.97. The predicted molar refractivity (Wildman–Crippen MR) is 67.0 cm³/mol. The lowest BCUT2D eigenvalue weighted by molar-refractivity contribution is 0.0945. The van der Waals surface area contributed by atoms with Crippen LogP contribution in [-0.2, 0) is 7.05 Å². The van der Waals surface area contributed by atoms with Crippen LogP contribution in [0.4, 0.5) is 0 Å². The van der Waals surface area contributed by atoms with E-state index < -0.39 is 0 Å². The highest BCUT2D eigenvalue weighted by atomic mass is 32.1. The van der Waals surface area contributed by atoms with Crippen LogP contribution in [0, 0.1) is 0 Å². The van der Waals surface area contributed by atoms with E-state index in [0.717, 1.165) is 23.4 Å².